The van der Waals surface area contributed by atoms with Crippen molar-refractivity contribution in [2.24, 2.45) is 0 Å². The molecule has 0 atom stereocenters. The maximum absolute atomic E-state index is 9.04. The number of nitrogen functional groups attached to an aromatic ring is 1. The number of nitrogens with zero attached hydrogens (tertiary/aromatic N) is 4. The molecule has 3 N–H and O–H groups in total. The lowest BCUT2D eigenvalue weighted by Crippen LogP contribution is -2.47. The third-order valence-electron chi connectivity index (χ3n) is 3.88. The van der Waals surface area contributed by atoms with E-state index in [4.69, 9.17) is 27.2 Å². The summed E-state index contributed by atoms with van der Waals surface area (Å²) in [6.45, 7) is 4.13. The van der Waals surface area contributed by atoms with Gasteiger partial charge in [-0.2, -0.15) is 4.98 Å². The van der Waals surface area contributed by atoms with Gasteiger partial charge in [-0.05, 0) is 24.3 Å². The highest BCUT2D eigenvalue weighted by Crippen LogP contribution is 2.31. The van der Waals surface area contributed by atoms with E-state index in [1.165, 1.54) is 0 Å². The Balaban J connectivity index is 1.77. The van der Waals surface area contributed by atoms with E-state index in [1.807, 2.05) is 0 Å². The van der Waals surface area contributed by atoms with Crippen LogP contribution in [0.4, 0.5) is 11.8 Å². The van der Waals surface area contributed by atoms with Crippen LogP contribution in [0.15, 0.2) is 30.5 Å². The summed E-state index contributed by atoms with van der Waals surface area (Å²) in [6.07, 6.45) is 1.59. The van der Waals surface area contributed by atoms with Gasteiger partial charge in [-0.15, -0.1) is 0 Å². The highest BCUT2D eigenvalue weighted by Gasteiger charge is 2.21. The Morgan fingerprint density at radius 1 is 1.17 bits per heavy atom. The summed E-state index contributed by atoms with van der Waals surface area (Å²) < 4.78 is 5.91. The first-order valence-corrected chi connectivity index (χ1v) is 8.17. The molecular weight excluding hydrogens is 330 g/mol. The van der Waals surface area contributed by atoms with Gasteiger partial charge in [0.2, 0.25) is 5.95 Å². The second-order valence-electron chi connectivity index (χ2n) is 5.52. The first-order valence-electron chi connectivity index (χ1n) is 7.80. The molecule has 0 spiro atoms. The minimum Gasteiger partial charge on any atom is -0.452 e. The van der Waals surface area contributed by atoms with Gasteiger partial charge < -0.3 is 20.5 Å². The van der Waals surface area contributed by atoms with Crippen LogP contribution in [-0.4, -0.2) is 59.3 Å². The molecule has 7 nitrogen and oxygen atoms in total. The molecule has 128 valence electrons. The topological polar surface area (TPSA) is 87.7 Å². The molecule has 0 amide bonds. The average molecular weight is 350 g/mol. The number of aromatic nitrogens is 2. The van der Waals surface area contributed by atoms with E-state index in [0.29, 0.717) is 28.9 Å². The SMILES string of the molecule is Nc1ncc(Oc2ccc(Cl)cc2)c(N2CCN(CCO)CC2)n1. The van der Waals surface area contributed by atoms with Gasteiger partial charge in [0.25, 0.3) is 0 Å². The Morgan fingerprint density at radius 3 is 2.54 bits per heavy atom. The number of β-amino-alcohol motifs (C(OH)–C–C–N with tert-alkyl or cyclic N) is 1. The van der Waals surface area contributed by atoms with Crippen molar-refractivity contribution in [2.45, 2.75) is 0 Å². The Morgan fingerprint density at radius 2 is 1.88 bits per heavy atom. The molecule has 0 bridgehead atoms. The number of anilines is 2. The summed E-state index contributed by atoms with van der Waals surface area (Å²) >= 11 is 5.90. The normalized spacial score (nSPS) is 15.5. The van der Waals surface area contributed by atoms with Gasteiger partial charge in [0, 0.05) is 37.7 Å². The zero-order valence-corrected chi connectivity index (χ0v) is 14.0. The third kappa shape index (κ3) is 4.05. The van der Waals surface area contributed by atoms with E-state index in [0.717, 1.165) is 26.2 Å². The summed E-state index contributed by atoms with van der Waals surface area (Å²) in [5.74, 6) is 2.11. The fourth-order valence-electron chi connectivity index (χ4n) is 2.63. The molecule has 1 aromatic heterocycles. The number of piperazine rings is 1. The monoisotopic (exact) mass is 349 g/mol. The van der Waals surface area contributed by atoms with Crippen LogP contribution in [0, 0.1) is 0 Å². The molecule has 3 rings (SSSR count). The molecule has 8 heteroatoms. The quantitative estimate of drug-likeness (QED) is 0.848. The fourth-order valence-corrected chi connectivity index (χ4v) is 2.75. The molecule has 1 aromatic carbocycles. The van der Waals surface area contributed by atoms with E-state index < -0.39 is 0 Å². The number of ether oxygens (including phenoxy) is 1. The summed E-state index contributed by atoms with van der Waals surface area (Å²) in [5.41, 5.74) is 5.76. The number of hydrogen-bond acceptors (Lipinski definition) is 7. The lowest BCUT2D eigenvalue weighted by atomic mass is 10.3. The summed E-state index contributed by atoms with van der Waals surface area (Å²) in [6, 6.07) is 7.12. The first-order chi connectivity index (χ1) is 11.7. The van der Waals surface area contributed by atoms with Crippen LogP contribution in [0.5, 0.6) is 11.5 Å². The molecular formula is C16H20ClN5O2. The van der Waals surface area contributed by atoms with Crippen LogP contribution in [0.2, 0.25) is 5.02 Å². The van der Waals surface area contributed by atoms with E-state index in [9.17, 15) is 0 Å². The summed E-state index contributed by atoms with van der Waals surface area (Å²) in [4.78, 5) is 12.7. The van der Waals surface area contributed by atoms with Crippen molar-refractivity contribution in [3.8, 4) is 11.5 Å². The number of aliphatic hydroxyl groups is 1. The van der Waals surface area contributed by atoms with E-state index in [1.54, 1.807) is 30.5 Å². The Kier molecular flexibility index (Phi) is 5.34. The van der Waals surface area contributed by atoms with Crippen LogP contribution in [0.25, 0.3) is 0 Å². The molecule has 0 aliphatic carbocycles. The number of halogens is 1. The molecule has 1 aliphatic heterocycles. The molecule has 0 saturated carbocycles. The molecule has 2 aromatic rings. The third-order valence-corrected chi connectivity index (χ3v) is 4.14. The van der Waals surface area contributed by atoms with Crippen LogP contribution >= 0.6 is 11.6 Å². The zero-order chi connectivity index (χ0) is 16.9. The maximum Gasteiger partial charge on any atom is 0.222 e. The zero-order valence-electron chi connectivity index (χ0n) is 13.2. The number of nitrogens with two attached hydrogens (primary N) is 1. The van der Waals surface area contributed by atoms with Gasteiger partial charge in [0.1, 0.15) is 5.75 Å². The second-order valence-corrected chi connectivity index (χ2v) is 5.96. The van der Waals surface area contributed by atoms with Crippen molar-refractivity contribution in [3.05, 3.63) is 35.5 Å². The standard InChI is InChI=1S/C16H20ClN5O2/c17-12-1-3-13(4-2-12)24-14-11-19-16(18)20-15(14)22-7-5-21(6-8-22)9-10-23/h1-4,11,23H,5-10H2,(H2,18,19,20). The molecule has 1 fully saturated rings. The van der Waals surface area contributed by atoms with Crippen LogP contribution in [-0.2, 0) is 0 Å². The molecule has 2 heterocycles. The fraction of sp³-hybridized carbons (Fsp3) is 0.375. The van der Waals surface area contributed by atoms with Gasteiger partial charge in [-0.1, -0.05) is 11.6 Å². The summed E-state index contributed by atoms with van der Waals surface area (Å²) in [5, 5.41) is 9.69. The lowest BCUT2D eigenvalue weighted by Gasteiger charge is -2.35. The highest BCUT2D eigenvalue weighted by atomic mass is 35.5. The molecule has 24 heavy (non-hydrogen) atoms. The van der Waals surface area contributed by atoms with E-state index in [-0.39, 0.29) is 12.6 Å². The van der Waals surface area contributed by atoms with Gasteiger partial charge in [0.05, 0.1) is 12.8 Å². The molecule has 1 saturated heterocycles. The highest BCUT2D eigenvalue weighted by molar-refractivity contribution is 6.30. The van der Waals surface area contributed by atoms with Crippen molar-refractivity contribution >= 4 is 23.4 Å². The predicted octanol–water partition coefficient (Wildman–Crippen LogP) is 1.62. The molecule has 1 aliphatic rings. The lowest BCUT2D eigenvalue weighted by molar-refractivity contribution is 0.188. The minimum atomic E-state index is 0.172. The minimum absolute atomic E-state index is 0.172. The van der Waals surface area contributed by atoms with Gasteiger partial charge in [-0.3, -0.25) is 4.90 Å². The Hall–Kier alpha value is -2.09. The molecule has 0 unspecified atom stereocenters. The average Bonchev–Trinajstić information content (AvgIpc) is 2.59. The van der Waals surface area contributed by atoms with Crippen molar-refractivity contribution in [2.75, 3.05) is 50.0 Å². The second kappa shape index (κ2) is 7.65. The Bertz CT molecular complexity index is 675. The van der Waals surface area contributed by atoms with Crippen molar-refractivity contribution in [3.63, 3.8) is 0 Å². The van der Waals surface area contributed by atoms with Crippen LogP contribution in [0.3, 0.4) is 0 Å². The number of aliphatic hydroxyl groups excluding tert-OH is 1. The Labute approximate surface area is 145 Å². The van der Waals surface area contributed by atoms with E-state index in [2.05, 4.69) is 19.8 Å². The number of benzene rings is 1. The smallest absolute Gasteiger partial charge is 0.222 e. The van der Waals surface area contributed by atoms with Gasteiger partial charge in [-0.25, -0.2) is 4.98 Å². The maximum atomic E-state index is 9.04. The van der Waals surface area contributed by atoms with Gasteiger partial charge in [0.15, 0.2) is 11.6 Å². The van der Waals surface area contributed by atoms with Crippen LogP contribution in [0.1, 0.15) is 0 Å². The summed E-state index contributed by atoms with van der Waals surface area (Å²) in [7, 11) is 0. The predicted molar refractivity (Wildman–Crippen MR) is 93.7 cm³/mol. The largest absolute Gasteiger partial charge is 0.452 e. The van der Waals surface area contributed by atoms with Crippen molar-refractivity contribution in [1.29, 1.82) is 0 Å². The van der Waals surface area contributed by atoms with Crippen molar-refractivity contribution in [1.82, 2.24) is 14.9 Å². The number of hydrogen-bond donors (Lipinski definition) is 2. The van der Waals surface area contributed by atoms with Crippen molar-refractivity contribution < 1.29 is 9.84 Å². The number of rotatable bonds is 5. The van der Waals surface area contributed by atoms with E-state index >= 15 is 0 Å². The molecule has 0 radical (unpaired) electrons. The van der Waals surface area contributed by atoms with Gasteiger partial charge >= 0.3 is 0 Å². The van der Waals surface area contributed by atoms with Crippen LogP contribution < -0.4 is 15.4 Å². The first kappa shape index (κ1) is 16.8.